The first kappa shape index (κ1) is 21.0. The molecule has 1 amide bonds. The molecule has 1 heterocycles. The van der Waals surface area contributed by atoms with Crippen molar-refractivity contribution >= 4 is 15.7 Å². The Morgan fingerprint density at radius 3 is 2.48 bits per heavy atom. The van der Waals surface area contributed by atoms with Gasteiger partial charge in [0.2, 0.25) is 0 Å². The Labute approximate surface area is 172 Å². The summed E-state index contributed by atoms with van der Waals surface area (Å²) in [5, 5.41) is 8.91. The fraction of sp³-hybridized carbons (Fsp3) is 0.364. The maximum Gasteiger partial charge on any atom is 0.253 e. The van der Waals surface area contributed by atoms with Crippen LogP contribution in [0, 0.1) is 11.3 Å². The predicted molar refractivity (Wildman–Crippen MR) is 112 cm³/mol. The highest BCUT2D eigenvalue weighted by atomic mass is 32.2. The number of benzene rings is 2. The molecule has 0 atom stereocenters. The second-order valence-corrected chi connectivity index (χ2v) is 9.64. The number of rotatable bonds is 5. The van der Waals surface area contributed by atoms with Crippen molar-refractivity contribution in [2.24, 2.45) is 0 Å². The van der Waals surface area contributed by atoms with Crippen LogP contribution in [0.25, 0.3) is 0 Å². The fourth-order valence-electron chi connectivity index (χ4n) is 3.55. The zero-order valence-electron chi connectivity index (χ0n) is 16.5. The Bertz CT molecular complexity index is 1010. The molecule has 6 nitrogen and oxygen atoms in total. The molecule has 1 saturated heterocycles. The minimum absolute atomic E-state index is 0.0550. The van der Waals surface area contributed by atoms with Crippen LogP contribution >= 0.6 is 0 Å². The standard InChI is InChI=1S/C22H25N3O3S/c1-29(27,28)17-20-4-2-5-21(14-20)22(26)25-11-3-10-24(12-13-25)16-19-8-6-18(15-23)7-9-19/h2,4-9,14H,3,10-13,16-17H2,1H3. The van der Waals surface area contributed by atoms with Crippen molar-refractivity contribution in [1.29, 1.82) is 5.26 Å². The van der Waals surface area contributed by atoms with Crippen molar-refractivity contribution in [3.8, 4) is 6.07 Å². The summed E-state index contributed by atoms with van der Waals surface area (Å²) in [5.74, 6) is -0.118. The van der Waals surface area contributed by atoms with Gasteiger partial charge in [0.05, 0.1) is 17.4 Å². The number of nitrogens with zero attached hydrogens (tertiary/aromatic N) is 3. The van der Waals surface area contributed by atoms with Gasteiger partial charge < -0.3 is 4.90 Å². The van der Waals surface area contributed by atoms with E-state index in [1.807, 2.05) is 29.2 Å². The number of carbonyl (C=O) groups is 1. The van der Waals surface area contributed by atoms with Crippen molar-refractivity contribution in [1.82, 2.24) is 9.80 Å². The van der Waals surface area contributed by atoms with Gasteiger partial charge in [-0.3, -0.25) is 9.69 Å². The number of hydrogen-bond acceptors (Lipinski definition) is 5. The molecule has 0 N–H and O–H groups in total. The van der Waals surface area contributed by atoms with E-state index in [-0.39, 0.29) is 11.7 Å². The van der Waals surface area contributed by atoms with Gasteiger partial charge in [-0.15, -0.1) is 0 Å². The molecule has 7 heteroatoms. The molecule has 152 valence electrons. The Balaban J connectivity index is 1.62. The maximum absolute atomic E-state index is 12.9. The number of hydrogen-bond donors (Lipinski definition) is 0. The van der Waals surface area contributed by atoms with E-state index in [2.05, 4.69) is 11.0 Å². The van der Waals surface area contributed by atoms with Gasteiger partial charge in [0, 0.05) is 44.5 Å². The van der Waals surface area contributed by atoms with Gasteiger partial charge in [0.15, 0.2) is 9.84 Å². The zero-order valence-corrected chi connectivity index (χ0v) is 17.4. The van der Waals surface area contributed by atoms with E-state index in [0.717, 1.165) is 31.6 Å². The highest BCUT2D eigenvalue weighted by Crippen LogP contribution is 2.15. The molecule has 29 heavy (non-hydrogen) atoms. The van der Waals surface area contributed by atoms with Crippen molar-refractivity contribution in [2.45, 2.75) is 18.7 Å². The largest absolute Gasteiger partial charge is 0.337 e. The third-order valence-electron chi connectivity index (χ3n) is 4.97. The first-order valence-electron chi connectivity index (χ1n) is 9.61. The molecule has 2 aromatic rings. The van der Waals surface area contributed by atoms with Crippen molar-refractivity contribution in [2.75, 3.05) is 32.4 Å². The average molecular weight is 412 g/mol. The lowest BCUT2D eigenvalue weighted by Gasteiger charge is -2.22. The molecule has 0 aliphatic carbocycles. The van der Waals surface area contributed by atoms with E-state index in [9.17, 15) is 13.2 Å². The Hall–Kier alpha value is -2.69. The minimum Gasteiger partial charge on any atom is -0.337 e. The van der Waals surface area contributed by atoms with E-state index in [0.29, 0.717) is 29.8 Å². The molecule has 1 aliphatic heterocycles. The average Bonchev–Trinajstić information content (AvgIpc) is 2.92. The van der Waals surface area contributed by atoms with Crippen LogP contribution in [0.4, 0.5) is 0 Å². The highest BCUT2D eigenvalue weighted by molar-refractivity contribution is 7.89. The van der Waals surface area contributed by atoms with Gasteiger partial charge in [0.1, 0.15) is 0 Å². The molecule has 0 radical (unpaired) electrons. The molecule has 0 bridgehead atoms. The molecule has 0 aromatic heterocycles. The molecule has 3 rings (SSSR count). The van der Waals surface area contributed by atoms with E-state index < -0.39 is 9.84 Å². The van der Waals surface area contributed by atoms with Crippen LogP contribution < -0.4 is 0 Å². The summed E-state index contributed by atoms with van der Waals surface area (Å²) in [6.45, 7) is 3.77. The van der Waals surface area contributed by atoms with Gasteiger partial charge in [-0.2, -0.15) is 5.26 Å². The number of nitriles is 1. The fourth-order valence-corrected chi connectivity index (χ4v) is 4.34. The molecule has 2 aromatic carbocycles. The van der Waals surface area contributed by atoms with E-state index in [1.165, 1.54) is 6.26 Å². The topological polar surface area (TPSA) is 81.5 Å². The van der Waals surface area contributed by atoms with Gasteiger partial charge >= 0.3 is 0 Å². The monoisotopic (exact) mass is 411 g/mol. The number of carbonyl (C=O) groups excluding carboxylic acids is 1. The van der Waals surface area contributed by atoms with Crippen LogP contribution in [-0.4, -0.2) is 56.6 Å². The minimum atomic E-state index is -3.14. The van der Waals surface area contributed by atoms with Crippen LogP contribution in [0.2, 0.25) is 0 Å². The normalized spacial score (nSPS) is 15.5. The summed E-state index contributed by atoms with van der Waals surface area (Å²) < 4.78 is 23.1. The summed E-state index contributed by atoms with van der Waals surface area (Å²) >= 11 is 0. The highest BCUT2D eigenvalue weighted by Gasteiger charge is 2.21. The quantitative estimate of drug-likeness (QED) is 0.755. The number of amides is 1. The van der Waals surface area contributed by atoms with Crippen molar-refractivity contribution in [3.63, 3.8) is 0 Å². The Morgan fingerprint density at radius 1 is 1.03 bits per heavy atom. The summed E-state index contributed by atoms with van der Waals surface area (Å²) in [6.07, 6.45) is 2.07. The van der Waals surface area contributed by atoms with Gasteiger partial charge in [-0.25, -0.2) is 8.42 Å². The predicted octanol–water partition coefficient (Wildman–Crippen LogP) is 2.45. The molecular formula is C22H25N3O3S. The third kappa shape index (κ3) is 6.14. The van der Waals surface area contributed by atoms with E-state index in [4.69, 9.17) is 5.26 Å². The molecule has 1 fully saturated rings. The maximum atomic E-state index is 12.9. The van der Waals surface area contributed by atoms with Crippen molar-refractivity contribution < 1.29 is 13.2 Å². The van der Waals surface area contributed by atoms with Crippen LogP contribution in [0.5, 0.6) is 0 Å². The molecule has 0 spiro atoms. The summed E-state index contributed by atoms with van der Waals surface area (Å²) in [7, 11) is -3.14. The lowest BCUT2D eigenvalue weighted by molar-refractivity contribution is 0.0761. The molecule has 1 aliphatic rings. The Kier molecular flexibility index (Phi) is 6.68. The SMILES string of the molecule is CS(=O)(=O)Cc1cccc(C(=O)N2CCCN(Cc3ccc(C#N)cc3)CC2)c1. The lowest BCUT2D eigenvalue weighted by Crippen LogP contribution is -2.35. The third-order valence-corrected chi connectivity index (χ3v) is 5.83. The van der Waals surface area contributed by atoms with Gasteiger partial charge in [0.25, 0.3) is 5.91 Å². The second kappa shape index (κ2) is 9.21. The summed E-state index contributed by atoms with van der Waals surface area (Å²) in [4.78, 5) is 17.1. The van der Waals surface area contributed by atoms with Crippen LogP contribution in [0.3, 0.4) is 0 Å². The lowest BCUT2D eigenvalue weighted by atomic mass is 10.1. The number of sulfone groups is 1. The first-order chi connectivity index (χ1) is 13.8. The first-order valence-corrected chi connectivity index (χ1v) is 11.7. The van der Waals surface area contributed by atoms with Crippen LogP contribution in [0.1, 0.15) is 33.5 Å². The molecule has 0 unspecified atom stereocenters. The zero-order chi connectivity index (χ0) is 20.9. The van der Waals surface area contributed by atoms with Crippen molar-refractivity contribution in [3.05, 3.63) is 70.8 Å². The second-order valence-electron chi connectivity index (χ2n) is 7.50. The van der Waals surface area contributed by atoms with E-state index >= 15 is 0 Å². The van der Waals surface area contributed by atoms with Gasteiger partial charge in [-0.1, -0.05) is 24.3 Å². The molecular weight excluding hydrogens is 386 g/mol. The van der Waals surface area contributed by atoms with Gasteiger partial charge in [-0.05, 0) is 41.8 Å². The van der Waals surface area contributed by atoms with Crippen LogP contribution in [-0.2, 0) is 22.1 Å². The smallest absolute Gasteiger partial charge is 0.253 e. The van der Waals surface area contributed by atoms with Crippen LogP contribution in [0.15, 0.2) is 48.5 Å². The molecule has 0 saturated carbocycles. The summed E-state index contributed by atoms with van der Waals surface area (Å²) in [6, 6.07) is 16.6. The Morgan fingerprint density at radius 2 is 1.79 bits per heavy atom. The van der Waals surface area contributed by atoms with E-state index in [1.54, 1.807) is 24.3 Å². The summed E-state index contributed by atoms with van der Waals surface area (Å²) in [5.41, 5.74) is 2.97.